The smallest absolute Gasteiger partial charge is 0.407 e. The van der Waals surface area contributed by atoms with Crippen molar-refractivity contribution in [2.75, 3.05) is 19.8 Å². The van der Waals surface area contributed by atoms with Crippen molar-refractivity contribution < 1.29 is 24.1 Å². The number of fused-ring (bicyclic) bond motifs is 1. The number of carbonyl (C=O) groups is 1. The fraction of sp³-hybridized carbons (Fsp3) is 0.333. The third-order valence-corrected chi connectivity index (χ3v) is 7.44. The average molecular weight is 595 g/mol. The highest BCUT2D eigenvalue weighted by molar-refractivity contribution is 9.10. The zero-order valence-corrected chi connectivity index (χ0v) is 23.2. The predicted octanol–water partition coefficient (Wildman–Crippen LogP) is 6.35. The van der Waals surface area contributed by atoms with E-state index in [0.29, 0.717) is 19.6 Å². The molecule has 3 aromatic carbocycles. The molecule has 4 aromatic rings. The lowest BCUT2D eigenvalue weighted by molar-refractivity contribution is -0.0365. The summed E-state index contributed by atoms with van der Waals surface area (Å²) in [7, 11) is 0. The van der Waals surface area contributed by atoms with Crippen LogP contribution in [0.25, 0.3) is 22.2 Å². The first-order valence-corrected chi connectivity index (χ1v) is 14.0. The van der Waals surface area contributed by atoms with Gasteiger partial charge in [0.15, 0.2) is 6.23 Å². The van der Waals surface area contributed by atoms with E-state index in [1.165, 1.54) is 0 Å². The van der Waals surface area contributed by atoms with Crippen LogP contribution in [0.15, 0.2) is 71.2 Å². The molecule has 8 nitrogen and oxygen atoms in total. The van der Waals surface area contributed by atoms with E-state index in [4.69, 9.17) is 19.3 Å². The number of hydrogen-bond donors (Lipinski definition) is 2. The summed E-state index contributed by atoms with van der Waals surface area (Å²) in [6.07, 6.45) is 3.15. The highest BCUT2D eigenvalue weighted by Crippen LogP contribution is 2.36. The largest absolute Gasteiger partial charge is 0.494 e. The number of ether oxygens (including phenoxy) is 3. The number of halogens is 1. The SMILES string of the molecule is O=C(NCCCOc1ccc2c(c1)c(-c1ccc(Br)c(CO)c1)nn2C1CCCCO1)OCc1ccccc1. The monoisotopic (exact) mass is 593 g/mol. The van der Waals surface area contributed by atoms with Crippen LogP contribution in [-0.4, -0.2) is 40.7 Å². The lowest BCUT2D eigenvalue weighted by Crippen LogP contribution is -2.26. The second kappa shape index (κ2) is 13.1. The molecule has 2 N–H and O–H groups in total. The molecule has 0 aliphatic carbocycles. The van der Waals surface area contributed by atoms with Gasteiger partial charge >= 0.3 is 6.09 Å². The second-order valence-electron chi connectivity index (χ2n) is 9.45. The quantitative estimate of drug-likeness (QED) is 0.208. The van der Waals surface area contributed by atoms with Gasteiger partial charge in [-0.2, -0.15) is 5.10 Å². The van der Waals surface area contributed by atoms with Crippen molar-refractivity contribution in [3.63, 3.8) is 0 Å². The third kappa shape index (κ3) is 6.79. The number of rotatable bonds is 10. The molecule has 0 radical (unpaired) electrons. The number of nitrogens with zero attached hydrogens (tertiary/aromatic N) is 2. The van der Waals surface area contributed by atoms with E-state index in [1.54, 1.807) is 0 Å². The predicted molar refractivity (Wildman–Crippen MR) is 152 cm³/mol. The van der Waals surface area contributed by atoms with E-state index in [2.05, 4.69) is 21.2 Å². The first kappa shape index (κ1) is 27.2. The zero-order chi connectivity index (χ0) is 27.0. The topological polar surface area (TPSA) is 94.8 Å². The van der Waals surface area contributed by atoms with Gasteiger partial charge in [-0.15, -0.1) is 0 Å². The Morgan fingerprint density at radius 2 is 2.00 bits per heavy atom. The van der Waals surface area contributed by atoms with Crippen LogP contribution < -0.4 is 10.1 Å². The highest BCUT2D eigenvalue weighted by atomic mass is 79.9. The van der Waals surface area contributed by atoms with Crippen LogP contribution in [0.4, 0.5) is 4.79 Å². The normalized spacial score (nSPS) is 15.3. The number of amides is 1. The maximum atomic E-state index is 12.0. The maximum Gasteiger partial charge on any atom is 0.407 e. The molecular formula is C30H32BrN3O5. The number of carbonyl (C=O) groups excluding carboxylic acids is 1. The number of hydrogen-bond acceptors (Lipinski definition) is 6. The van der Waals surface area contributed by atoms with Crippen molar-refractivity contribution in [2.24, 2.45) is 0 Å². The molecule has 204 valence electrons. The van der Waals surface area contributed by atoms with Crippen molar-refractivity contribution in [2.45, 2.75) is 45.1 Å². The summed E-state index contributed by atoms with van der Waals surface area (Å²) in [4.78, 5) is 12.0. The summed E-state index contributed by atoms with van der Waals surface area (Å²) >= 11 is 3.50. The summed E-state index contributed by atoms with van der Waals surface area (Å²) in [5, 5.41) is 18.5. The molecule has 1 amide bonds. The van der Waals surface area contributed by atoms with Gasteiger partial charge < -0.3 is 24.6 Å². The van der Waals surface area contributed by atoms with Crippen LogP contribution in [0.2, 0.25) is 0 Å². The molecule has 0 saturated carbocycles. The molecule has 9 heteroatoms. The minimum atomic E-state index is -0.445. The molecule has 1 fully saturated rings. The van der Waals surface area contributed by atoms with Gasteiger partial charge in [0, 0.05) is 28.6 Å². The van der Waals surface area contributed by atoms with Gasteiger partial charge in [-0.25, -0.2) is 9.48 Å². The molecule has 0 bridgehead atoms. The van der Waals surface area contributed by atoms with Crippen LogP contribution in [0.3, 0.4) is 0 Å². The molecule has 1 aliphatic heterocycles. The molecule has 1 atom stereocenters. The van der Waals surface area contributed by atoms with Crippen LogP contribution in [-0.2, 0) is 22.7 Å². The standard InChI is InChI=1S/C30H32BrN3O5/c31-26-12-10-22(17-23(26)19-35)29-25-18-24(11-13-27(25)34(33-29)28-9-4-5-15-38-28)37-16-6-14-32-30(36)39-20-21-7-2-1-3-8-21/h1-3,7-8,10-13,17-18,28,35H,4-6,9,14-16,19-20H2,(H,32,36). The summed E-state index contributed by atoms with van der Waals surface area (Å²) in [6.45, 7) is 1.78. The number of aliphatic hydroxyl groups is 1. The highest BCUT2D eigenvalue weighted by Gasteiger charge is 2.22. The van der Waals surface area contributed by atoms with Crippen LogP contribution in [0, 0.1) is 0 Å². The van der Waals surface area contributed by atoms with Gasteiger partial charge in [-0.1, -0.05) is 52.3 Å². The van der Waals surface area contributed by atoms with Crippen molar-refractivity contribution in [1.82, 2.24) is 15.1 Å². The Morgan fingerprint density at radius 3 is 2.79 bits per heavy atom. The van der Waals surface area contributed by atoms with E-state index in [1.807, 2.05) is 71.4 Å². The Balaban J connectivity index is 1.25. The van der Waals surface area contributed by atoms with E-state index in [9.17, 15) is 9.90 Å². The molecule has 0 spiro atoms. The summed E-state index contributed by atoms with van der Waals surface area (Å²) in [5.74, 6) is 0.721. The molecule has 39 heavy (non-hydrogen) atoms. The number of alkyl carbamates (subject to hydrolysis) is 1. The lowest BCUT2D eigenvalue weighted by Gasteiger charge is -2.23. The van der Waals surface area contributed by atoms with Gasteiger partial charge in [-0.05, 0) is 67.1 Å². The second-order valence-corrected chi connectivity index (χ2v) is 10.3. The van der Waals surface area contributed by atoms with Gasteiger partial charge in [-0.3, -0.25) is 0 Å². The third-order valence-electron chi connectivity index (χ3n) is 6.67. The number of benzene rings is 3. The van der Waals surface area contributed by atoms with Gasteiger partial charge in [0.25, 0.3) is 0 Å². The van der Waals surface area contributed by atoms with Crippen molar-refractivity contribution in [3.05, 3.63) is 82.3 Å². The fourth-order valence-corrected chi connectivity index (χ4v) is 5.00. The Kier molecular flexibility index (Phi) is 9.13. The molecule has 1 saturated heterocycles. The van der Waals surface area contributed by atoms with Crippen molar-refractivity contribution >= 4 is 32.9 Å². The van der Waals surface area contributed by atoms with Crippen molar-refractivity contribution in [1.29, 1.82) is 0 Å². The van der Waals surface area contributed by atoms with Gasteiger partial charge in [0.05, 0.1) is 18.7 Å². The summed E-state index contributed by atoms with van der Waals surface area (Å²) in [6, 6.07) is 21.4. The van der Waals surface area contributed by atoms with Gasteiger partial charge in [0.2, 0.25) is 0 Å². The molecule has 2 heterocycles. The Hall–Kier alpha value is -3.40. The number of nitrogens with one attached hydrogen (secondary N) is 1. The minimum absolute atomic E-state index is 0.0685. The van der Waals surface area contributed by atoms with E-state index < -0.39 is 6.09 Å². The Labute approximate surface area is 236 Å². The molecule has 1 aliphatic rings. The summed E-state index contributed by atoms with van der Waals surface area (Å²) < 4.78 is 20.1. The Morgan fingerprint density at radius 1 is 1.13 bits per heavy atom. The average Bonchev–Trinajstić information content (AvgIpc) is 3.36. The maximum absolute atomic E-state index is 12.0. The van der Waals surface area contributed by atoms with Gasteiger partial charge in [0.1, 0.15) is 18.1 Å². The Bertz CT molecular complexity index is 1400. The van der Waals surface area contributed by atoms with Crippen LogP contribution >= 0.6 is 15.9 Å². The first-order valence-electron chi connectivity index (χ1n) is 13.2. The molecule has 1 unspecified atom stereocenters. The van der Waals surface area contributed by atoms with Crippen LogP contribution in [0.5, 0.6) is 5.75 Å². The number of aromatic nitrogens is 2. The van der Waals surface area contributed by atoms with E-state index >= 15 is 0 Å². The molecular weight excluding hydrogens is 562 g/mol. The van der Waals surface area contributed by atoms with Crippen molar-refractivity contribution in [3.8, 4) is 17.0 Å². The fourth-order valence-electron chi connectivity index (χ4n) is 4.63. The molecule has 1 aromatic heterocycles. The zero-order valence-electron chi connectivity index (χ0n) is 21.6. The number of aliphatic hydroxyl groups excluding tert-OH is 1. The lowest BCUT2D eigenvalue weighted by atomic mass is 10.0. The van der Waals surface area contributed by atoms with Crippen LogP contribution in [0.1, 0.15) is 43.0 Å². The minimum Gasteiger partial charge on any atom is -0.494 e. The van der Waals surface area contributed by atoms with E-state index in [-0.39, 0.29) is 19.4 Å². The summed E-state index contributed by atoms with van der Waals surface area (Å²) in [5.41, 5.74) is 4.44. The molecule has 5 rings (SSSR count). The first-order chi connectivity index (χ1) is 19.1. The van der Waals surface area contributed by atoms with E-state index in [0.717, 1.165) is 69.4 Å².